The van der Waals surface area contributed by atoms with E-state index >= 15 is 0 Å². The third-order valence-corrected chi connectivity index (χ3v) is 3.18. The van der Waals surface area contributed by atoms with E-state index in [9.17, 15) is 9.59 Å². The maximum Gasteiger partial charge on any atom is 0.225 e. The van der Waals surface area contributed by atoms with Crippen LogP contribution in [0, 0.1) is 0 Å². The molecule has 0 aliphatic heterocycles. The molecule has 0 unspecified atom stereocenters. The van der Waals surface area contributed by atoms with Gasteiger partial charge < -0.3 is 0 Å². The second-order valence-corrected chi connectivity index (χ2v) is 4.87. The molecule has 2 nitrogen and oxygen atoms in total. The van der Waals surface area contributed by atoms with E-state index in [4.69, 9.17) is 0 Å². The number of allylic oxidation sites excluding steroid dienone is 7. The van der Waals surface area contributed by atoms with Crippen LogP contribution in [-0.2, 0) is 9.59 Å². The zero-order valence-electron chi connectivity index (χ0n) is 11.9. The SMILES string of the molecule is O=C1C=CC(CCC/C=C/C=C\c2ccccc2)=CC1=O. The molecule has 1 aromatic rings. The van der Waals surface area contributed by atoms with E-state index in [1.54, 1.807) is 6.08 Å². The quantitative estimate of drug-likeness (QED) is 0.340. The molecule has 0 fully saturated rings. The molecule has 0 N–H and O–H groups in total. The summed E-state index contributed by atoms with van der Waals surface area (Å²) < 4.78 is 0. The van der Waals surface area contributed by atoms with Crippen molar-refractivity contribution in [3.63, 3.8) is 0 Å². The van der Waals surface area contributed by atoms with Crippen LogP contribution in [0.3, 0.4) is 0 Å². The normalized spacial score (nSPS) is 15.1. The molecular weight excluding hydrogens is 260 g/mol. The van der Waals surface area contributed by atoms with Gasteiger partial charge in [-0.05, 0) is 42.6 Å². The third kappa shape index (κ3) is 5.19. The minimum Gasteiger partial charge on any atom is -0.286 e. The number of hydrogen-bond acceptors (Lipinski definition) is 2. The fourth-order valence-corrected chi connectivity index (χ4v) is 2.04. The standard InChI is InChI=1S/C19H18O2/c20-18-14-13-17(15-19(18)21)12-6-3-1-2-5-9-16-10-7-4-8-11-16/h1-2,4-5,7-11,13-15H,3,6,12H2/b2-1+,9-5-. The molecule has 21 heavy (non-hydrogen) atoms. The van der Waals surface area contributed by atoms with Crippen LogP contribution in [-0.4, -0.2) is 11.6 Å². The summed E-state index contributed by atoms with van der Waals surface area (Å²) in [5.74, 6) is -0.835. The second-order valence-electron chi connectivity index (χ2n) is 4.87. The summed E-state index contributed by atoms with van der Waals surface area (Å²) in [6, 6.07) is 10.1. The summed E-state index contributed by atoms with van der Waals surface area (Å²) in [5.41, 5.74) is 2.12. The maximum absolute atomic E-state index is 11.2. The lowest BCUT2D eigenvalue weighted by Gasteiger charge is -2.03. The maximum atomic E-state index is 11.2. The second kappa shape index (κ2) is 7.95. The molecule has 0 aromatic heterocycles. The van der Waals surface area contributed by atoms with E-state index in [1.165, 1.54) is 17.7 Å². The highest BCUT2D eigenvalue weighted by Crippen LogP contribution is 2.13. The highest BCUT2D eigenvalue weighted by molar-refractivity contribution is 6.46. The average Bonchev–Trinajstić information content (AvgIpc) is 2.51. The summed E-state index contributed by atoms with van der Waals surface area (Å²) in [7, 11) is 0. The van der Waals surface area contributed by atoms with Gasteiger partial charge in [-0.3, -0.25) is 9.59 Å². The fourth-order valence-electron chi connectivity index (χ4n) is 2.04. The van der Waals surface area contributed by atoms with Crippen molar-refractivity contribution in [1.29, 1.82) is 0 Å². The number of carbonyl (C=O) groups excluding carboxylic acids is 2. The summed E-state index contributed by atoms with van der Waals surface area (Å²) in [6.07, 6.45) is 15.5. The van der Waals surface area contributed by atoms with Gasteiger partial charge >= 0.3 is 0 Å². The minimum absolute atomic E-state index is 0.408. The van der Waals surface area contributed by atoms with E-state index in [1.807, 2.05) is 30.4 Å². The van der Waals surface area contributed by atoms with Crippen molar-refractivity contribution < 1.29 is 9.59 Å². The number of ketones is 2. The van der Waals surface area contributed by atoms with Gasteiger partial charge in [-0.2, -0.15) is 0 Å². The summed E-state index contributed by atoms with van der Waals surface area (Å²) in [4.78, 5) is 22.2. The summed E-state index contributed by atoms with van der Waals surface area (Å²) >= 11 is 0. The number of hydrogen-bond donors (Lipinski definition) is 0. The Bertz CT molecular complexity index is 616. The van der Waals surface area contributed by atoms with Crippen LogP contribution < -0.4 is 0 Å². The number of carbonyl (C=O) groups is 2. The van der Waals surface area contributed by atoms with Gasteiger partial charge in [0.25, 0.3) is 0 Å². The van der Waals surface area contributed by atoms with E-state index in [0.717, 1.165) is 24.8 Å². The van der Waals surface area contributed by atoms with Gasteiger partial charge in [-0.15, -0.1) is 0 Å². The largest absolute Gasteiger partial charge is 0.286 e. The molecule has 0 atom stereocenters. The van der Waals surface area contributed by atoms with E-state index in [2.05, 4.69) is 24.3 Å². The molecule has 0 spiro atoms. The fraction of sp³-hybridized carbons (Fsp3) is 0.158. The first-order valence-corrected chi connectivity index (χ1v) is 7.11. The predicted molar refractivity (Wildman–Crippen MR) is 85.7 cm³/mol. The highest BCUT2D eigenvalue weighted by Gasteiger charge is 2.12. The summed E-state index contributed by atoms with van der Waals surface area (Å²) in [5, 5.41) is 0. The lowest BCUT2D eigenvalue weighted by molar-refractivity contribution is -0.131. The van der Waals surface area contributed by atoms with Crippen LogP contribution in [0.5, 0.6) is 0 Å². The Morgan fingerprint density at radius 2 is 1.71 bits per heavy atom. The van der Waals surface area contributed by atoms with Gasteiger partial charge in [0.15, 0.2) is 0 Å². The Morgan fingerprint density at radius 3 is 2.48 bits per heavy atom. The predicted octanol–water partition coefficient (Wildman–Crippen LogP) is 4.06. The van der Waals surface area contributed by atoms with Gasteiger partial charge in [-0.25, -0.2) is 0 Å². The Kier molecular flexibility index (Phi) is 5.65. The molecule has 1 aromatic carbocycles. The van der Waals surface area contributed by atoms with Crippen LogP contribution in [0.4, 0.5) is 0 Å². The van der Waals surface area contributed by atoms with Crippen LogP contribution in [0.25, 0.3) is 6.08 Å². The zero-order valence-corrected chi connectivity index (χ0v) is 11.9. The number of benzene rings is 1. The molecule has 0 bridgehead atoms. The van der Waals surface area contributed by atoms with Gasteiger partial charge in [0, 0.05) is 0 Å². The van der Waals surface area contributed by atoms with E-state index in [0.29, 0.717) is 0 Å². The lowest BCUT2D eigenvalue weighted by atomic mass is 10.0. The third-order valence-electron chi connectivity index (χ3n) is 3.18. The van der Waals surface area contributed by atoms with Crippen LogP contribution in [0.2, 0.25) is 0 Å². The molecule has 0 amide bonds. The van der Waals surface area contributed by atoms with Gasteiger partial charge in [0.2, 0.25) is 11.6 Å². The monoisotopic (exact) mass is 278 g/mol. The molecule has 106 valence electrons. The van der Waals surface area contributed by atoms with Crippen molar-refractivity contribution in [2.45, 2.75) is 19.3 Å². The first kappa shape index (κ1) is 14.9. The highest BCUT2D eigenvalue weighted by atomic mass is 16.2. The Hall–Kier alpha value is -2.48. The topological polar surface area (TPSA) is 34.1 Å². The Labute approximate surface area is 125 Å². The number of rotatable bonds is 6. The van der Waals surface area contributed by atoms with Crippen LogP contribution in [0.15, 0.2) is 72.4 Å². The first-order valence-electron chi connectivity index (χ1n) is 7.11. The average molecular weight is 278 g/mol. The Balaban J connectivity index is 1.68. The molecule has 1 aliphatic carbocycles. The molecule has 0 heterocycles. The minimum atomic E-state index is -0.426. The first-order chi connectivity index (χ1) is 10.3. The summed E-state index contributed by atoms with van der Waals surface area (Å²) in [6.45, 7) is 0. The van der Waals surface area contributed by atoms with Crippen LogP contribution in [0.1, 0.15) is 24.8 Å². The Morgan fingerprint density at radius 1 is 0.905 bits per heavy atom. The molecule has 0 saturated heterocycles. The van der Waals surface area contributed by atoms with Gasteiger partial charge in [0.1, 0.15) is 0 Å². The zero-order chi connectivity index (χ0) is 14.9. The van der Waals surface area contributed by atoms with Crippen LogP contribution >= 0.6 is 0 Å². The van der Waals surface area contributed by atoms with Crippen molar-refractivity contribution in [2.24, 2.45) is 0 Å². The molecule has 2 heteroatoms. The van der Waals surface area contributed by atoms with Gasteiger partial charge in [-0.1, -0.05) is 60.7 Å². The molecule has 2 rings (SSSR count). The van der Waals surface area contributed by atoms with Crippen molar-refractivity contribution in [3.05, 3.63) is 77.9 Å². The molecule has 0 radical (unpaired) electrons. The van der Waals surface area contributed by atoms with Crippen molar-refractivity contribution in [2.75, 3.05) is 0 Å². The van der Waals surface area contributed by atoms with E-state index < -0.39 is 11.6 Å². The van der Waals surface area contributed by atoms with Gasteiger partial charge in [0.05, 0.1) is 0 Å². The molecule has 0 saturated carbocycles. The lowest BCUT2D eigenvalue weighted by Crippen LogP contribution is -2.11. The smallest absolute Gasteiger partial charge is 0.225 e. The number of unbranched alkanes of at least 4 members (excludes halogenated alkanes) is 1. The van der Waals surface area contributed by atoms with Crippen molar-refractivity contribution >= 4 is 17.6 Å². The van der Waals surface area contributed by atoms with Crippen molar-refractivity contribution in [3.8, 4) is 0 Å². The van der Waals surface area contributed by atoms with Crippen molar-refractivity contribution in [1.82, 2.24) is 0 Å². The van der Waals surface area contributed by atoms with E-state index in [-0.39, 0.29) is 0 Å². The molecular formula is C19H18O2. The molecule has 1 aliphatic rings.